The quantitative estimate of drug-likeness (QED) is 0.811. The zero-order valence-corrected chi connectivity index (χ0v) is 15.5. The van der Waals surface area contributed by atoms with Gasteiger partial charge >= 0.3 is 12.1 Å². The van der Waals surface area contributed by atoms with E-state index in [1.165, 1.54) is 0 Å². The third-order valence-electron chi connectivity index (χ3n) is 4.29. The first-order chi connectivity index (χ1) is 11.8. The Morgan fingerprint density at radius 1 is 1.04 bits per heavy atom. The van der Waals surface area contributed by atoms with Crippen molar-refractivity contribution in [1.29, 1.82) is 0 Å². The van der Waals surface area contributed by atoms with Crippen molar-refractivity contribution in [3.63, 3.8) is 0 Å². The number of carbonyl (C=O) groups excluding carboxylic acids is 2. The third-order valence-corrected chi connectivity index (χ3v) is 4.29. The summed E-state index contributed by atoms with van der Waals surface area (Å²) < 4.78 is 10.8. The molecule has 1 aliphatic carbocycles. The highest BCUT2D eigenvalue weighted by Crippen LogP contribution is 2.30. The molecule has 1 amide bonds. The summed E-state index contributed by atoms with van der Waals surface area (Å²) in [5.41, 5.74) is -0.165. The van der Waals surface area contributed by atoms with Gasteiger partial charge in [0, 0.05) is 0 Å². The lowest BCUT2D eigenvalue weighted by Gasteiger charge is -2.36. The Kier molecular flexibility index (Phi) is 6.45. The van der Waals surface area contributed by atoms with E-state index in [1.54, 1.807) is 0 Å². The lowest BCUT2D eigenvalue weighted by Crippen LogP contribution is -2.56. The summed E-state index contributed by atoms with van der Waals surface area (Å²) >= 11 is 0. The van der Waals surface area contributed by atoms with Gasteiger partial charge in [-0.3, -0.25) is 0 Å². The number of benzene rings is 1. The van der Waals surface area contributed by atoms with Crippen LogP contribution >= 0.6 is 0 Å². The zero-order valence-electron chi connectivity index (χ0n) is 15.5. The van der Waals surface area contributed by atoms with E-state index >= 15 is 0 Å². The number of hydrogen-bond donors (Lipinski definition) is 1. The summed E-state index contributed by atoms with van der Waals surface area (Å²) in [5, 5.41) is 2.80. The average molecular weight is 347 g/mol. The standard InChI is InChI=1S/C20H29NO4/c1-19(2,3)15-25-17(22)20(12-8-5-9-13-20)21-18(23)24-14-16-10-6-4-7-11-16/h4,6-7,10-11H,5,8-9,12-15H2,1-3H3,(H,21,23). The van der Waals surface area contributed by atoms with E-state index in [0.717, 1.165) is 24.8 Å². The van der Waals surface area contributed by atoms with Gasteiger partial charge < -0.3 is 14.8 Å². The number of esters is 1. The van der Waals surface area contributed by atoms with E-state index in [0.29, 0.717) is 19.4 Å². The molecule has 1 aliphatic rings. The molecule has 0 unspecified atom stereocenters. The van der Waals surface area contributed by atoms with Crippen molar-refractivity contribution in [1.82, 2.24) is 5.32 Å². The van der Waals surface area contributed by atoms with E-state index < -0.39 is 11.6 Å². The molecule has 0 bridgehead atoms. The predicted molar refractivity (Wildman–Crippen MR) is 96.0 cm³/mol. The fourth-order valence-corrected chi connectivity index (χ4v) is 2.91. The van der Waals surface area contributed by atoms with Crippen LogP contribution in [0.4, 0.5) is 4.79 Å². The fraction of sp³-hybridized carbons (Fsp3) is 0.600. The van der Waals surface area contributed by atoms with Gasteiger partial charge in [0.05, 0.1) is 6.61 Å². The molecule has 1 saturated carbocycles. The second-order valence-electron chi connectivity index (χ2n) is 7.97. The number of carbonyl (C=O) groups is 2. The maximum Gasteiger partial charge on any atom is 0.408 e. The Hall–Kier alpha value is -2.04. The van der Waals surface area contributed by atoms with Crippen LogP contribution in [-0.2, 0) is 20.9 Å². The molecular formula is C20H29NO4. The molecule has 0 atom stereocenters. The Morgan fingerprint density at radius 2 is 1.68 bits per heavy atom. The summed E-state index contributed by atoms with van der Waals surface area (Å²) in [7, 11) is 0. The van der Waals surface area contributed by atoms with Crippen LogP contribution in [0.5, 0.6) is 0 Å². The van der Waals surface area contributed by atoms with Gasteiger partial charge in [-0.2, -0.15) is 0 Å². The Balaban J connectivity index is 1.96. The van der Waals surface area contributed by atoms with Crippen LogP contribution in [-0.4, -0.2) is 24.2 Å². The van der Waals surface area contributed by atoms with Crippen LogP contribution in [0.3, 0.4) is 0 Å². The molecule has 0 saturated heterocycles. The van der Waals surface area contributed by atoms with Crippen molar-refractivity contribution in [3.05, 3.63) is 35.9 Å². The van der Waals surface area contributed by atoms with Crippen molar-refractivity contribution >= 4 is 12.1 Å². The second kappa shape index (κ2) is 8.37. The van der Waals surface area contributed by atoms with Crippen LogP contribution in [0.2, 0.25) is 0 Å². The molecule has 5 heteroatoms. The van der Waals surface area contributed by atoms with Gasteiger partial charge in [-0.05, 0) is 23.8 Å². The highest BCUT2D eigenvalue weighted by atomic mass is 16.6. The number of alkyl carbamates (subject to hydrolysis) is 1. The van der Waals surface area contributed by atoms with E-state index in [-0.39, 0.29) is 18.0 Å². The molecule has 0 spiro atoms. The fourth-order valence-electron chi connectivity index (χ4n) is 2.91. The van der Waals surface area contributed by atoms with Gasteiger partial charge in [-0.15, -0.1) is 0 Å². The minimum Gasteiger partial charge on any atom is -0.463 e. The monoisotopic (exact) mass is 347 g/mol. The van der Waals surface area contributed by atoms with Gasteiger partial charge in [-0.1, -0.05) is 70.4 Å². The lowest BCUT2D eigenvalue weighted by atomic mass is 9.81. The minimum absolute atomic E-state index is 0.112. The number of hydrogen-bond acceptors (Lipinski definition) is 4. The van der Waals surface area contributed by atoms with Crippen LogP contribution in [0.15, 0.2) is 30.3 Å². The molecule has 2 rings (SSSR count). The number of amides is 1. The molecule has 0 radical (unpaired) electrons. The van der Waals surface area contributed by atoms with Gasteiger partial charge in [-0.25, -0.2) is 9.59 Å². The maximum atomic E-state index is 12.7. The summed E-state index contributed by atoms with van der Waals surface area (Å²) in [4.78, 5) is 24.9. The normalized spacial score (nSPS) is 16.8. The highest BCUT2D eigenvalue weighted by molar-refractivity contribution is 5.86. The first kappa shape index (κ1) is 19.3. The Bertz CT molecular complexity index is 571. The lowest BCUT2D eigenvalue weighted by molar-refractivity contribution is -0.155. The van der Waals surface area contributed by atoms with Crippen molar-refractivity contribution in [2.45, 2.75) is 65.0 Å². The molecule has 0 heterocycles. The van der Waals surface area contributed by atoms with E-state index in [9.17, 15) is 9.59 Å². The average Bonchev–Trinajstić information content (AvgIpc) is 2.59. The second-order valence-corrected chi connectivity index (χ2v) is 7.97. The van der Waals surface area contributed by atoms with Gasteiger partial charge in [0.25, 0.3) is 0 Å². The summed E-state index contributed by atoms with van der Waals surface area (Å²) in [6.07, 6.45) is 3.47. The molecule has 25 heavy (non-hydrogen) atoms. The van der Waals surface area contributed by atoms with Crippen LogP contribution in [0, 0.1) is 5.41 Å². The zero-order chi connectivity index (χ0) is 18.3. The van der Waals surface area contributed by atoms with Crippen molar-refractivity contribution in [2.75, 3.05) is 6.61 Å². The molecule has 1 fully saturated rings. The number of nitrogens with one attached hydrogen (secondary N) is 1. The number of rotatable bonds is 5. The van der Waals surface area contributed by atoms with Gasteiger partial charge in [0.2, 0.25) is 0 Å². The molecule has 5 nitrogen and oxygen atoms in total. The van der Waals surface area contributed by atoms with Crippen LogP contribution in [0.25, 0.3) is 0 Å². The number of ether oxygens (including phenoxy) is 2. The SMILES string of the molecule is CC(C)(C)COC(=O)C1(NC(=O)OCc2ccccc2)CCCCC1. The first-order valence-corrected chi connectivity index (χ1v) is 8.97. The Morgan fingerprint density at radius 3 is 2.28 bits per heavy atom. The first-order valence-electron chi connectivity index (χ1n) is 8.97. The smallest absolute Gasteiger partial charge is 0.408 e. The topological polar surface area (TPSA) is 64.6 Å². The van der Waals surface area contributed by atoms with Crippen molar-refractivity contribution in [2.24, 2.45) is 5.41 Å². The summed E-state index contributed by atoms with van der Waals surface area (Å²) in [5.74, 6) is -0.348. The van der Waals surface area contributed by atoms with E-state index in [1.807, 2.05) is 51.1 Å². The van der Waals surface area contributed by atoms with Crippen molar-refractivity contribution in [3.8, 4) is 0 Å². The van der Waals surface area contributed by atoms with E-state index in [4.69, 9.17) is 9.47 Å². The van der Waals surface area contributed by atoms with Gasteiger partial charge in [0.15, 0.2) is 0 Å². The molecule has 1 N–H and O–H groups in total. The van der Waals surface area contributed by atoms with Crippen LogP contribution in [0.1, 0.15) is 58.4 Å². The van der Waals surface area contributed by atoms with Crippen LogP contribution < -0.4 is 5.32 Å². The maximum absolute atomic E-state index is 12.7. The predicted octanol–water partition coefficient (Wildman–Crippen LogP) is 4.21. The van der Waals surface area contributed by atoms with Gasteiger partial charge in [0.1, 0.15) is 12.1 Å². The summed E-state index contributed by atoms with van der Waals surface area (Å²) in [6, 6.07) is 9.47. The summed E-state index contributed by atoms with van der Waals surface area (Å²) in [6.45, 7) is 6.54. The highest BCUT2D eigenvalue weighted by Gasteiger charge is 2.43. The van der Waals surface area contributed by atoms with Crippen molar-refractivity contribution < 1.29 is 19.1 Å². The van der Waals surface area contributed by atoms with E-state index in [2.05, 4.69) is 5.32 Å². The molecule has 1 aromatic carbocycles. The third kappa shape index (κ3) is 6.07. The molecule has 138 valence electrons. The largest absolute Gasteiger partial charge is 0.463 e. The molecular weight excluding hydrogens is 318 g/mol. The Labute approximate surface area is 150 Å². The minimum atomic E-state index is -0.961. The molecule has 0 aromatic heterocycles. The molecule has 1 aromatic rings. The molecule has 0 aliphatic heterocycles.